The summed E-state index contributed by atoms with van der Waals surface area (Å²) in [6, 6.07) is 6.88. The smallest absolute Gasteiger partial charge is 0.249 e. The van der Waals surface area contributed by atoms with Crippen LogP contribution in [0.15, 0.2) is 35.9 Å². The highest BCUT2D eigenvalue weighted by atomic mass is 32.2. The number of carbonyl (C=O) groups is 1. The van der Waals surface area contributed by atoms with Gasteiger partial charge in [-0.05, 0) is 23.1 Å². The molecule has 0 aliphatic carbocycles. The molecule has 1 heterocycles. The van der Waals surface area contributed by atoms with Gasteiger partial charge in [0.05, 0.1) is 11.6 Å². The van der Waals surface area contributed by atoms with E-state index in [9.17, 15) is 9.90 Å². The van der Waals surface area contributed by atoms with E-state index < -0.39 is 4.75 Å². The summed E-state index contributed by atoms with van der Waals surface area (Å²) in [5, 5.41) is 10.3. The average molecular weight is 321 g/mol. The van der Waals surface area contributed by atoms with Crippen LogP contribution in [-0.4, -0.2) is 36.2 Å². The summed E-state index contributed by atoms with van der Waals surface area (Å²) in [6.07, 6.45) is 0. The SMILES string of the molecule is C=C1SC(c2ccc(O)cc2)(C(C)(C)C)C(=O)N1CCOC. The van der Waals surface area contributed by atoms with E-state index in [1.807, 2.05) is 12.1 Å². The van der Waals surface area contributed by atoms with Gasteiger partial charge in [-0.3, -0.25) is 4.79 Å². The number of hydrogen-bond acceptors (Lipinski definition) is 4. The lowest BCUT2D eigenvalue weighted by Crippen LogP contribution is -2.46. The predicted octanol–water partition coefficient (Wildman–Crippen LogP) is 3.33. The van der Waals surface area contributed by atoms with Crippen molar-refractivity contribution >= 4 is 17.7 Å². The number of hydrogen-bond donors (Lipinski definition) is 1. The summed E-state index contributed by atoms with van der Waals surface area (Å²) in [6.45, 7) is 11.2. The molecule has 120 valence electrons. The number of phenolic OH excluding ortho intramolecular Hbond substituents is 1. The molecule has 1 aromatic rings. The van der Waals surface area contributed by atoms with Gasteiger partial charge in [-0.15, -0.1) is 0 Å². The first-order valence-corrected chi connectivity index (χ1v) is 8.04. The summed E-state index contributed by atoms with van der Waals surface area (Å²) in [7, 11) is 1.62. The van der Waals surface area contributed by atoms with Gasteiger partial charge in [0.1, 0.15) is 10.5 Å². The first-order valence-electron chi connectivity index (χ1n) is 7.22. The Hall–Kier alpha value is -1.46. The molecule has 0 bridgehead atoms. The maximum Gasteiger partial charge on any atom is 0.249 e. The van der Waals surface area contributed by atoms with Gasteiger partial charge in [-0.1, -0.05) is 51.2 Å². The fourth-order valence-corrected chi connectivity index (χ4v) is 4.17. The van der Waals surface area contributed by atoms with Gasteiger partial charge < -0.3 is 14.7 Å². The normalized spacial score (nSPS) is 22.5. The second-order valence-electron chi connectivity index (χ2n) is 6.42. The standard InChI is InChI=1S/C17H23NO3S/c1-12-18(10-11-21-5)15(20)17(22-12,16(2,3)4)13-6-8-14(19)9-7-13/h6-9,19H,1,10-11H2,2-5H3. The van der Waals surface area contributed by atoms with Crippen LogP contribution in [0.25, 0.3) is 0 Å². The Morgan fingerprint density at radius 2 is 1.91 bits per heavy atom. The summed E-state index contributed by atoms with van der Waals surface area (Å²) < 4.78 is 4.35. The van der Waals surface area contributed by atoms with Gasteiger partial charge in [-0.25, -0.2) is 0 Å². The van der Waals surface area contributed by atoms with E-state index in [1.54, 1.807) is 24.1 Å². The van der Waals surface area contributed by atoms with Crippen molar-refractivity contribution in [2.24, 2.45) is 5.41 Å². The third-order valence-corrected chi connectivity index (χ3v) is 5.75. The molecule has 0 aromatic heterocycles. The quantitative estimate of drug-likeness (QED) is 0.924. The van der Waals surface area contributed by atoms with Crippen LogP contribution in [0.3, 0.4) is 0 Å². The van der Waals surface area contributed by atoms with Gasteiger partial charge >= 0.3 is 0 Å². The second kappa shape index (κ2) is 5.97. The molecule has 1 aliphatic heterocycles. The molecule has 4 nitrogen and oxygen atoms in total. The van der Waals surface area contributed by atoms with Crippen LogP contribution in [0.4, 0.5) is 0 Å². The number of methoxy groups -OCH3 is 1. The van der Waals surface area contributed by atoms with Gasteiger partial charge in [0.15, 0.2) is 0 Å². The summed E-state index contributed by atoms with van der Waals surface area (Å²) >= 11 is 1.49. The highest BCUT2D eigenvalue weighted by molar-refractivity contribution is 8.05. The number of benzene rings is 1. The van der Waals surface area contributed by atoms with Crippen LogP contribution in [0.5, 0.6) is 5.75 Å². The van der Waals surface area contributed by atoms with Gasteiger partial charge in [0.25, 0.3) is 0 Å². The first-order chi connectivity index (χ1) is 10.2. The first kappa shape index (κ1) is 16.9. The minimum atomic E-state index is -0.745. The molecule has 1 aromatic carbocycles. The minimum Gasteiger partial charge on any atom is -0.508 e. The number of rotatable bonds is 4. The Morgan fingerprint density at radius 3 is 2.41 bits per heavy atom. The van der Waals surface area contributed by atoms with E-state index in [-0.39, 0.29) is 17.1 Å². The number of phenols is 1. The molecule has 5 heteroatoms. The Balaban J connectivity index is 2.51. The summed E-state index contributed by atoms with van der Waals surface area (Å²) in [5.74, 6) is 0.219. The largest absolute Gasteiger partial charge is 0.508 e. The Bertz CT molecular complexity index is 577. The van der Waals surface area contributed by atoms with Gasteiger partial charge in [0, 0.05) is 13.7 Å². The Labute approximate surface area is 136 Å². The lowest BCUT2D eigenvalue weighted by atomic mass is 9.74. The van der Waals surface area contributed by atoms with Crippen molar-refractivity contribution < 1.29 is 14.6 Å². The maximum absolute atomic E-state index is 13.2. The van der Waals surface area contributed by atoms with Crippen molar-refractivity contribution in [3.05, 3.63) is 41.4 Å². The summed E-state index contributed by atoms with van der Waals surface area (Å²) in [4.78, 5) is 14.9. The van der Waals surface area contributed by atoms with E-state index in [0.29, 0.717) is 13.2 Å². The van der Waals surface area contributed by atoms with Crippen molar-refractivity contribution in [1.82, 2.24) is 4.90 Å². The van der Waals surface area contributed by atoms with Crippen LogP contribution >= 0.6 is 11.8 Å². The molecule has 1 amide bonds. The monoisotopic (exact) mass is 321 g/mol. The number of amides is 1. The molecule has 1 aliphatic rings. The number of nitrogens with zero attached hydrogens (tertiary/aromatic N) is 1. The molecule has 2 rings (SSSR count). The van der Waals surface area contributed by atoms with Crippen molar-refractivity contribution in [1.29, 1.82) is 0 Å². The topological polar surface area (TPSA) is 49.8 Å². The second-order valence-corrected chi connectivity index (χ2v) is 7.71. The Morgan fingerprint density at radius 1 is 1.32 bits per heavy atom. The van der Waals surface area contributed by atoms with Crippen molar-refractivity contribution in [3.8, 4) is 5.75 Å². The molecule has 1 saturated heterocycles. The third-order valence-electron chi connectivity index (χ3n) is 3.97. The van der Waals surface area contributed by atoms with E-state index >= 15 is 0 Å². The highest BCUT2D eigenvalue weighted by Crippen LogP contribution is 2.58. The van der Waals surface area contributed by atoms with Crippen molar-refractivity contribution in [2.45, 2.75) is 25.5 Å². The Kier molecular flexibility index (Phi) is 4.59. The fourth-order valence-electron chi connectivity index (χ4n) is 2.77. The number of thioether (sulfide) groups is 1. The molecule has 0 radical (unpaired) electrons. The van der Waals surface area contributed by atoms with E-state index in [4.69, 9.17) is 4.74 Å². The molecule has 1 atom stereocenters. The molecule has 1 fully saturated rings. The minimum absolute atomic E-state index is 0.0257. The lowest BCUT2D eigenvalue weighted by molar-refractivity contribution is -0.133. The van der Waals surface area contributed by atoms with Crippen LogP contribution in [0, 0.1) is 5.41 Å². The van der Waals surface area contributed by atoms with Crippen molar-refractivity contribution in [2.75, 3.05) is 20.3 Å². The fraction of sp³-hybridized carbons (Fsp3) is 0.471. The highest BCUT2D eigenvalue weighted by Gasteiger charge is 2.57. The van der Waals surface area contributed by atoms with Crippen LogP contribution < -0.4 is 0 Å². The molecule has 22 heavy (non-hydrogen) atoms. The molecule has 0 saturated carbocycles. The average Bonchev–Trinajstić information content (AvgIpc) is 2.69. The molecular formula is C17H23NO3S. The molecular weight excluding hydrogens is 298 g/mol. The third kappa shape index (κ3) is 2.63. The number of carbonyl (C=O) groups excluding carboxylic acids is 1. The predicted molar refractivity (Wildman–Crippen MR) is 89.6 cm³/mol. The van der Waals surface area contributed by atoms with Crippen LogP contribution in [0.2, 0.25) is 0 Å². The van der Waals surface area contributed by atoms with Crippen molar-refractivity contribution in [3.63, 3.8) is 0 Å². The van der Waals surface area contributed by atoms with E-state index in [1.165, 1.54) is 11.8 Å². The van der Waals surface area contributed by atoms with Gasteiger partial charge in [0.2, 0.25) is 5.91 Å². The van der Waals surface area contributed by atoms with E-state index in [2.05, 4.69) is 27.4 Å². The zero-order valence-electron chi connectivity index (χ0n) is 13.5. The molecule has 1 unspecified atom stereocenters. The molecule has 0 spiro atoms. The maximum atomic E-state index is 13.2. The molecule has 1 N–H and O–H groups in total. The zero-order valence-corrected chi connectivity index (χ0v) is 14.4. The van der Waals surface area contributed by atoms with E-state index in [0.717, 1.165) is 10.6 Å². The zero-order chi connectivity index (χ0) is 16.5. The lowest BCUT2D eigenvalue weighted by Gasteiger charge is -2.39. The van der Waals surface area contributed by atoms with Crippen LogP contribution in [-0.2, 0) is 14.3 Å². The number of ether oxygens (including phenoxy) is 1. The van der Waals surface area contributed by atoms with Crippen LogP contribution in [0.1, 0.15) is 26.3 Å². The van der Waals surface area contributed by atoms with Gasteiger partial charge in [-0.2, -0.15) is 0 Å². The number of aromatic hydroxyl groups is 1. The summed E-state index contributed by atoms with van der Waals surface area (Å²) in [5.41, 5.74) is 0.574.